The lowest BCUT2D eigenvalue weighted by molar-refractivity contribution is 0.0600. The van der Waals surface area contributed by atoms with Crippen LogP contribution in [-0.4, -0.2) is 13.1 Å². The van der Waals surface area contributed by atoms with Gasteiger partial charge in [-0.25, -0.2) is 9.18 Å². The van der Waals surface area contributed by atoms with Crippen molar-refractivity contribution in [2.24, 2.45) is 0 Å². The van der Waals surface area contributed by atoms with E-state index in [1.165, 1.54) is 24.8 Å². The highest BCUT2D eigenvalue weighted by molar-refractivity contribution is 5.89. The maximum Gasteiger partial charge on any atom is 0.337 e. The zero-order chi connectivity index (χ0) is 16.8. The van der Waals surface area contributed by atoms with Crippen molar-refractivity contribution < 1.29 is 18.7 Å². The normalized spacial score (nSPS) is 10.7. The highest BCUT2D eigenvalue weighted by Gasteiger charge is 2.12. The Balaban J connectivity index is 2.14. The van der Waals surface area contributed by atoms with Gasteiger partial charge in [-0.3, -0.25) is 0 Å². The molecule has 122 valence electrons. The van der Waals surface area contributed by atoms with Crippen LogP contribution in [-0.2, 0) is 4.74 Å². The fraction of sp³-hybridized carbons (Fsp3) is 0.316. The van der Waals surface area contributed by atoms with E-state index >= 15 is 0 Å². The summed E-state index contributed by atoms with van der Waals surface area (Å²) >= 11 is 0. The van der Waals surface area contributed by atoms with Crippen molar-refractivity contribution in [2.75, 3.05) is 7.11 Å². The van der Waals surface area contributed by atoms with Crippen LogP contribution in [0.4, 0.5) is 4.39 Å². The lowest BCUT2D eigenvalue weighted by Gasteiger charge is -2.13. The van der Waals surface area contributed by atoms with Crippen molar-refractivity contribution in [3.63, 3.8) is 0 Å². The molecular formula is C19H21FO3. The smallest absolute Gasteiger partial charge is 0.337 e. The maximum absolute atomic E-state index is 14.0. The third kappa shape index (κ3) is 4.09. The molecule has 0 fully saturated rings. The van der Waals surface area contributed by atoms with Crippen molar-refractivity contribution in [1.82, 2.24) is 0 Å². The summed E-state index contributed by atoms with van der Waals surface area (Å²) in [4.78, 5) is 11.4. The molecule has 2 aromatic rings. The van der Waals surface area contributed by atoms with E-state index < -0.39 is 11.8 Å². The first-order valence-corrected chi connectivity index (χ1v) is 7.74. The number of hydrogen-bond acceptors (Lipinski definition) is 3. The molecule has 0 spiro atoms. The molecule has 23 heavy (non-hydrogen) atoms. The predicted molar refractivity (Wildman–Crippen MR) is 87.6 cm³/mol. The summed E-state index contributed by atoms with van der Waals surface area (Å²) in [7, 11) is 1.26. The van der Waals surface area contributed by atoms with Crippen LogP contribution in [0.25, 0.3) is 0 Å². The number of methoxy groups -OCH3 is 1. The van der Waals surface area contributed by atoms with E-state index in [2.05, 4.69) is 18.6 Å². The molecule has 0 aliphatic heterocycles. The Morgan fingerprint density at radius 3 is 2.26 bits per heavy atom. The molecule has 4 heteroatoms. The molecule has 0 unspecified atom stereocenters. The van der Waals surface area contributed by atoms with E-state index in [4.69, 9.17) is 4.74 Å². The van der Waals surface area contributed by atoms with E-state index in [0.717, 1.165) is 18.9 Å². The van der Waals surface area contributed by atoms with Crippen LogP contribution in [0.1, 0.15) is 48.5 Å². The van der Waals surface area contributed by atoms with Crippen LogP contribution in [0.3, 0.4) is 0 Å². The minimum absolute atomic E-state index is 0.0768. The first kappa shape index (κ1) is 17.0. The molecule has 0 heterocycles. The molecule has 0 atom stereocenters. The molecule has 2 rings (SSSR count). The molecule has 0 aliphatic carbocycles. The van der Waals surface area contributed by atoms with Gasteiger partial charge in [-0.05, 0) is 54.7 Å². The molecular weight excluding hydrogens is 295 g/mol. The van der Waals surface area contributed by atoms with Gasteiger partial charge in [0.05, 0.1) is 12.7 Å². The Labute approximate surface area is 136 Å². The highest BCUT2D eigenvalue weighted by atomic mass is 19.1. The zero-order valence-electron chi connectivity index (χ0n) is 13.6. The summed E-state index contributed by atoms with van der Waals surface area (Å²) in [5.41, 5.74) is 1.41. The Hall–Kier alpha value is -2.36. The van der Waals surface area contributed by atoms with E-state index in [1.807, 2.05) is 24.3 Å². The minimum Gasteiger partial charge on any atom is -0.465 e. The second-order valence-corrected chi connectivity index (χ2v) is 5.32. The molecule has 0 bridgehead atoms. The average Bonchev–Trinajstić information content (AvgIpc) is 2.58. The van der Waals surface area contributed by atoms with Gasteiger partial charge in [0.2, 0.25) is 0 Å². The SMILES string of the molecule is CCC(CC)c1ccc(Oc2ccc(C(=O)OC)cc2F)cc1. The fourth-order valence-corrected chi connectivity index (χ4v) is 2.52. The van der Waals surface area contributed by atoms with Crippen molar-refractivity contribution in [3.8, 4) is 11.5 Å². The second kappa shape index (κ2) is 7.77. The highest BCUT2D eigenvalue weighted by Crippen LogP contribution is 2.28. The summed E-state index contributed by atoms with van der Waals surface area (Å²) in [6.45, 7) is 4.33. The quantitative estimate of drug-likeness (QED) is 0.678. The van der Waals surface area contributed by atoms with Crippen molar-refractivity contribution in [1.29, 1.82) is 0 Å². The van der Waals surface area contributed by atoms with E-state index in [-0.39, 0.29) is 11.3 Å². The predicted octanol–water partition coefficient (Wildman–Crippen LogP) is 5.31. The van der Waals surface area contributed by atoms with Crippen LogP contribution in [0.15, 0.2) is 42.5 Å². The zero-order valence-corrected chi connectivity index (χ0v) is 13.6. The van der Waals surface area contributed by atoms with Crippen molar-refractivity contribution in [3.05, 3.63) is 59.4 Å². The first-order valence-electron chi connectivity index (χ1n) is 7.74. The number of ether oxygens (including phenoxy) is 2. The maximum atomic E-state index is 14.0. The lowest BCUT2D eigenvalue weighted by atomic mass is 9.94. The largest absolute Gasteiger partial charge is 0.465 e. The molecule has 0 N–H and O–H groups in total. The minimum atomic E-state index is -0.600. The molecule has 0 radical (unpaired) electrons. The van der Waals surface area contributed by atoms with Gasteiger partial charge in [-0.15, -0.1) is 0 Å². The summed E-state index contributed by atoms with van der Waals surface area (Å²) in [5, 5.41) is 0. The first-order chi connectivity index (χ1) is 11.1. The number of carbonyl (C=O) groups is 1. The second-order valence-electron chi connectivity index (χ2n) is 5.32. The third-order valence-corrected chi connectivity index (χ3v) is 3.92. The van der Waals surface area contributed by atoms with Crippen LogP contribution >= 0.6 is 0 Å². The van der Waals surface area contributed by atoms with Crippen LogP contribution in [0, 0.1) is 5.82 Å². The Kier molecular flexibility index (Phi) is 5.74. The monoisotopic (exact) mass is 316 g/mol. The van der Waals surface area contributed by atoms with Gasteiger partial charge in [0.15, 0.2) is 11.6 Å². The Morgan fingerprint density at radius 2 is 1.74 bits per heavy atom. The standard InChI is InChI=1S/C19H21FO3/c1-4-13(5-2)14-6-9-16(10-7-14)23-18-11-8-15(12-17(18)20)19(21)22-3/h6-13H,4-5H2,1-3H3. The number of esters is 1. The molecule has 0 aromatic heterocycles. The van der Waals surface area contributed by atoms with Crippen molar-refractivity contribution >= 4 is 5.97 Å². The van der Waals surface area contributed by atoms with Gasteiger partial charge in [-0.1, -0.05) is 26.0 Å². The van der Waals surface area contributed by atoms with E-state index in [0.29, 0.717) is 11.7 Å². The van der Waals surface area contributed by atoms with Crippen LogP contribution in [0.5, 0.6) is 11.5 Å². The van der Waals surface area contributed by atoms with Crippen LogP contribution in [0.2, 0.25) is 0 Å². The summed E-state index contributed by atoms with van der Waals surface area (Å²) in [5.74, 6) is -0.0144. The molecule has 0 aliphatic rings. The number of hydrogen-bond donors (Lipinski definition) is 0. The van der Waals surface area contributed by atoms with Gasteiger partial charge >= 0.3 is 5.97 Å². The lowest BCUT2D eigenvalue weighted by Crippen LogP contribution is -2.02. The topological polar surface area (TPSA) is 35.5 Å². The summed E-state index contributed by atoms with van der Waals surface area (Å²) < 4.78 is 24.1. The van der Waals surface area contributed by atoms with Gasteiger partial charge in [0.25, 0.3) is 0 Å². The number of rotatable bonds is 6. The number of benzene rings is 2. The fourth-order valence-electron chi connectivity index (χ4n) is 2.52. The van der Waals surface area contributed by atoms with E-state index in [9.17, 15) is 9.18 Å². The molecule has 0 amide bonds. The number of carbonyl (C=O) groups excluding carboxylic acids is 1. The van der Waals surface area contributed by atoms with Gasteiger partial charge in [0.1, 0.15) is 5.75 Å². The number of halogens is 1. The summed E-state index contributed by atoms with van der Waals surface area (Å²) in [6, 6.07) is 11.7. The molecule has 0 saturated heterocycles. The average molecular weight is 316 g/mol. The summed E-state index contributed by atoms with van der Waals surface area (Å²) in [6.07, 6.45) is 2.17. The van der Waals surface area contributed by atoms with Gasteiger partial charge in [-0.2, -0.15) is 0 Å². The Bertz CT molecular complexity index is 661. The van der Waals surface area contributed by atoms with Gasteiger partial charge in [0, 0.05) is 0 Å². The van der Waals surface area contributed by atoms with Crippen molar-refractivity contribution in [2.45, 2.75) is 32.6 Å². The van der Waals surface area contributed by atoms with Crippen LogP contribution < -0.4 is 4.74 Å². The van der Waals surface area contributed by atoms with Gasteiger partial charge < -0.3 is 9.47 Å². The molecule has 2 aromatic carbocycles. The molecule has 3 nitrogen and oxygen atoms in total. The Morgan fingerprint density at radius 1 is 1.09 bits per heavy atom. The third-order valence-electron chi connectivity index (χ3n) is 3.92. The molecule has 0 saturated carbocycles. The van der Waals surface area contributed by atoms with E-state index in [1.54, 1.807) is 0 Å².